The summed E-state index contributed by atoms with van der Waals surface area (Å²) in [7, 11) is -3.68. The smallest absolute Gasteiger partial charge is 0.254 e. The molecule has 0 unspecified atom stereocenters. The van der Waals surface area contributed by atoms with Gasteiger partial charge in [0.15, 0.2) is 0 Å². The number of sulfonamides is 1. The number of hydrogen-bond acceptors (Lipinski definition) is 3. The third-order valence-corrected chi connectivity index (χ3v) is 7.52. The average molecular weight is 427 g/mol. The van der Waals surface area contributed by atoms with Crippen LogP contribution in [0.25, 0.3) is 0 Å². The highest BCUT2D eigenvalue weighted by molar-refractivity contribution is 7.89. The van der Waals surface area contributed by atoms with Gasteiger partial charge in [-0.1, -0.05) is 35.3 Å². The minimum Gasteiger partial charge on any atom is -0.336 e. The zero-order valence-electron chi connectivity index (χ0n) is 15.1. The van der Waals surface area contributed by atoms with Gasteiger partial charge in [-0.2, -0.15) is 4.31 Å². The lowest BCUT2D eigenvalue weighted by Crippen LogP contribution is -2.50. The van der Waals surface area contributed by atoms with E-state index in [2.05, 4.69) is 0 Å². The number of nitrogens with zero attached hydrogens (tertiary/aromatic N) is 2. The molecule has 1 aliphatic heterocycles. The van der Waals surface area contributed by atoms with Crippen LogP contribution in [0.3, 0.4) is 0 Å². The highest BCUT2D eigenvalue weighted by Gasteiger charge is 2.31. The number of halogens is 2. The summed E-state index contributed by atoms with van der Waals surface area (Å²) in [4.78, 5) is 14.6. The minimum absolute atomic E-state index is 0.0669. The predicted molar refractivity (Wildman–Crippen MR) is 107 cm³/mol. The van der Waals surface area contributed by atoms with Gasteiger partial charge in [-0.25, -0.2) is 8.42 Å². The Balaban J connectivity index is 1.74. The van der Waals surface area contributed by atoms with E-state index in [4.69, 9.17) is 23.2 Å². The Morgan fingerprint density at radius 3 is 2.26 bits per heavy atom. The van der Waals surface area contributed by atoms with Crippen molar-refractivity contribution < 1.29 is 13.2 Å². The molecule has 0 spiro atoms. The maximum atomic E-state index is 12.8. The Morgan fingerprint density at radius 1 is 0.963 bits per heavy atom. The second-order valence-corrected chi connectivity index (χ2v) is 9.27. The van der Waals surface area contributed by atoms with Crippen molar-refractivity contribution in [3.8, 4) is 0 Å². The van der Waals surface area contributed by atoms with Gasteiger partial charge < -0.3 is 4.90 Å². The van der Waals surface area contributed by atoms with Crippen molar-refractivity contribution in [2.45, 2.75) is 18.7 Å². The molecule has 8 heteroatoms. The number of hydrogen-bond donors (Lipinski definition) is 0. The zero-order valence-corrected chi connectivity index (χ0v) is 17.4. The van der Waals surface area contributed by atoms with E-state index in [9.17, 15) is 13.2 Å². The molecule has 5 nitrogen and oxygen atoms in total. The standard InChI is InChI=1S/C19H20Cl2N2O3S/c1-13-4-3-5-16(14(13)2)19(24)22-8-10-23(11-9-22)27(25,26)15-6-7-17(20)18(21)12-15/h3-7,12H,8-11H2,1-2H3. The summed E-state index contributed by atoms with van der Waals surface area (Å²) in [5.74, 6) is -0.0669. The van der Waals surface area contributed by atoms with Crippen LogP contribution in [0.2, 0.25) is 10.0 Å². The van der Waals surface area contributed by atoms with Crippen molar-refractivity contribution >= 4 is 39.1 Å². The van der Waals surface area contributed by atoms with Crippen molar-refractivity contribution in [3.05, 3.63) is 63.1 Å². The summed E-state index contributed by atoms with van der Waals surface area (Å²) in [6, 6.07) is 9.90. The molecule has 0 saturated carbocycles. The molecule has 27 heavy (non-hydrogen) atoms. The molecule has 2 aromatic rings. The van der Waals surface area contributed by atoms with E-state index in [0.717, 1.165) is 11.1 Å². The van der Waals surface area contributed by atoms with E-state index in [1.807, 2.05) is 32.0 Å². The van der Waals surface area contributed by atoms with Crippen LogP contribution in [0.15, 0.2) is 41.3 Å². The third-order valence-electron chi connectivity index (χ3n) is 4.89. The number of rotatable bonds is 3. The van der Waals surface area contributed by atoms with Crippen molar-refractivity contribution in [2.24, 2.45) is 0 Å². The van der Waals surface area contributed by atoms with E-state index in [1.54, 1.807) is 4.90 Å². The Kier molecular flexibility index (Phi) is 5.82. The average Bonchev–Trinajstić information content (AvgIpc) is 2.65. The first kappa shape index (κ1) is 20.1. The molecule has 1 heterocycles. The molecule has 0 aliphatic carbocycles. The third kappa shape index (κ3) is 3.99. The Morgan fingerprint density at radius 2 is 1.63 bits per heavy atom. The molecule has 2 aromatic carbocycles. The first-order chi connectivity index (χ1) is 12.7. The number of amides is 1. The number of aryl methyl sites for hydroxylation is 1. The van der Waals surface area contributed by atoms with Crippen molar-refractivity contribution in [1.29, 1.82) is 0 Å². The fourth-order valence-electron chi connectivity index (χ4n) is 3.07. The van der Waals surface area contributed by atoms with Gasteiger partial charge in [0, 0.05) is 31.7 Å². The molecule has 0 atom stereocenters. The summed E-state index contributed by atoms with van der Waals surface area (Å²) in [6.45, 7) is 5.04. The Hall–Kier alpha value is -1.60. The second-order valence-electron chi connectivity index (χ2n) is 6.52. The van der Waals surface area contributed by atoms with Crippen LogP contribution >= 0.6 is 23.2 Å². The van der Waals surface area contributed by atoms with Crippen molar-refractivity contribution in [2.75, 3.05) is 26.2 Å². The zero-order chi connectivity index (χ0) is 19.8. The molecule has 1 saturated heterocycles. The quantitative estimate of drug-likeness (QED) is 0.750. The normalized spacial score (nSPS) is 15.8. The first-order valence-corrected chi connectivity index (χ1v) is 10.7. The molecule has 3 rings (SSSR count). The molecule has 1 fully saturated rings. The largest absolute Gasteiger partial charge is 0.336 e. The lowest BCUT2D eigenvalue weighted by atomic mass is 10.0. The van der Waals surface area contributed by atoms with Gasteiger partial charge in [-0.05, 0) is 49.2 Å². The molecule has 144 valence electrons. The van der Waals surface area contributed by atoms with Gasteiger partial charge in [0.25, 0.3) is 5.91 Å². The van der Waals surface area contributed by atoms with E-state index in [0.29, 0.717) is 23.7 Å². The van der Waals surface area contributed by atoms with Crippen LogP contribution in [0.5, 0.6) is 0 Å². The van der Waals surface area contributed by atoms with Gasteiger partial charge in [0.05, 0.1) is 14.9 Å². The number of benzene rings is 2. The number of carbonyl (C=O) groups excluding carboxylic acids is 1. The molecular weight excluding hydrogens is 407 g/mol. The van der Waals surface area contributed by atoms with Crippen LogP contribution in [-0.4, -0.2) is 49.7 Å². The molecule has 0 bridgehead atoms. The number of piperazine rings is 1. The van der Waals surface area contributed by atoms with Crippen molar-refractivity contribution in [3.63, 3.8) is 0 Å². The van der Waals surface area contributed by atoms with Crippen LogP contribution < -0.4 is 0 Å². The summed E-state index contributed by atoms with van der Waals surface area (Å²) in [6.07, 6.45) is 0. The number of carbonyl (C=O) groups is 1. The first-order valence-electron chi connectivity index (χ1n) is 8.52. The summed E-state index contributed by atoms with van der Waals surface area (Å²) in [5, 5.41) is 0.501. The van der Waals surface area contributed by atoms with E-state index >= 15 is 0 Å². The van der Waals surface area contributed by atoms with Gasteiger partial charge in [0.1, 0.15) is 0 Å². The molecule has 0 radical (unpaired) electrons. The van der Waals surface area contributed by atoms with E-state index in [-0.39, 0.29) is 28.9 Å². The molecule has 0 aromatic heterocycles. The summed E-state index contributed by atoms with van der Waals surface area (Å²) < 4.78 is 27.0. The van der Waals surface area contributed by atoms with Crippen LogP contribution in [-0.2, 0) is 10.0 Å². The fraction of sp³-hybridized carbons (Fsp3) is 0.316. The molecular formula is C19H20Cl2N2O3S. The minimum atomic E-state index is -3.68. The van der Waals surface area contributed by atoms with E-state index in [1.165, 1.54) is 22.5 Å². The topological polar surface area (TPSA) is 57.7 Å². The maximum Gasteiger partial charge on any atom is 0.254 e. The second kappa shape index (κ2) is 7.80. The van der Waals surface area contributed by atoms with Crippen molar-refractivity contribution in [1.82, 2.24) is 9.21 Å². The monoisotopic (exact) mass is 426 g/mol. The van der Waals surface area contributed by atoms with Crippen LogP contribution in [0.4, 0.5) is 0 Å². The molecule has 0 N–H and O–H groups in total. The lowest BCUT2D eigenvalue weighted by Gasteiger charge is -2.34. The predicted octanol–water partition coefficient (Wildman–Crippen LogP) is 3.76. The van der Waals surface area contributed by atoms with Gasteiger partial charge in [0.2, 0.25) is 10.0 Å². The van der Waals surface area contributed by atoms with Gasteiger partial charge in [-0.3, -0.25) is 4.79 Å². The summed E-state index contributed by atoms with van der Waals surface area (Å²) in [5.41, 5.74) is 2.67. The lowest BCUT2D eigenvalue weighted by molar-refractivity contribution is 0.0697. The Bertz CT molecular complexity index is 984. The van der Waals surface area contributed by atoms with E-state index < -0.39 is 10.0 Å². The maximum absolute atomic E-state index is 12.8. The van der Waals surface area contributed by atoms with Gasteiger partial charge in [-0.15, -0.1) is 0 Å². The molecule has 1 aliphatic rings. The van der Waals surface area contributed by atoms with Crippen LogP contribution in [0, 0.1) is 13.8 Å². The SMILES string of the molecule is Cc1cccc(C(=O)N2CCN(S(=O)(=O)c3ccc(Cl)c(Cl)c3)CC2)c1C. The summed E-state index contributed by atoms with van der Waals surface area (Å²) >= 11 is 11.8. The van der Waals surface area contributed by atoms with Crippen LogP contribution in [0.1, 0.15) is 21.5 Å². The van der Waals surface area contributed by atoms with Gasteiger partial charge >= 0.3 is 0 Å². The molecule has 1 amide bonds. The highest BCUT2D eigenvalue weighted by atomic mass is 35.5. The fourth-order valence-corrected chi connectivity index (χ4v) is 4.88. The Labute approximate surface area is 169 Å². The highest BCUT2D eigenvalue weighted by Crippen LogP contribution is 2.27.